The molecule has 0 aliphatic rings. The van der Waals surface area contributed by atoms with Gasteiger partial charge in [0.05, 0.1) is 14.2 Å². The zero-order valence-corrected chi connectivity index (χ0v) is 14.7. The summed E-state index contributed by atoms with van der Waals surface area (Å²) in [6, 6.07) is 26.9. The Hall–Kier alpha value is -2.94. The topological polar surface area (TPSA) is 21.7 Å². The van der Waals surface area contributed by atoms with E-state index in [2.05, 4.69) is 53.4 Å². The van der Waals surface area contributed by atoms with Crippen molar-refractivity contribution in [2.75, 3.05) is 19.1 Å². The molecule has 0 amide bonds. The van der Waals surface area contributed by atoms with Gasteiger partial charge in [-0.25, -0.2) is 0 Å². The summed E-state index contributed by atoms with van der Waals surface area (Å²) in [6.07, 6.45) is 0. The van der Waals surface area contributed by atoms with Crippen molar-refractivity contribution < 1.29 is 9.47 Å². The van der Waals surface area contributed by atoms with Gasteiger partial charge in [-0.15, -0.1) is 0 Å². The van der Waals surface area contributed by atoms with E-state index in [1.165, 1.54) is 16.8 Å². The van der Waals surface area contributed by atoms with E-state index in [1.807, 2.05) is 30.3 Å². The smallest absolute Gasteiger partial charge is 0.119 e. The first-order valence-electron chi connectivity index (χ1n) is 8.34. The Labute approximate surface area is 149 Å². The molecule has 0 radical (unpaired) electrons. The van der Waals surface area contributed by atoms with Crippen LogP contribution in [0.25, 0.3) is 0 Å². The van der Waals surface area contributed by atoms with Crippen molar-refractivity contribution >= 4 is 5.69 Å². The van der Waals surface area contributed by atoms with Gasteiger partial charge in [-0.1, -0.05) is 42.5 Å². The maximum absolute atomic E-state index is 5.36. The number of hydrogen-bond acceptors (Lipinski definition) is 3. The number of nitrogens with zero attached hydrogens (tertiary/aromatic N) is 1. The van der Waals surface area contributed by atoms with Gasteiger partial charge in [0.25, 0.3) is 0 Å². The standard InChI is InChI=1S/C22H23NO2/c1-24-21-12-6-8-18(14-21)16-23(20-10-4-3-5-11-20)17-19-9-7-13-22(15-19)25-2/h3-15H,16-17H2,1-2H3. The zero-order valence-electron chi connectivity index (χ0n) is 14.7. The first kappa shape index (κ1) is 16.9. The number of methoxy groups -OCH3 is 2. The molecule has 0 heterocycles. The van der Waals surface area contributed by atoms with Crippen molar-refractivity contribution in [2.24, 2.45) is 0 Å². The van der Waals surface area contributed by atoms with E-state index in [9.17, 15) is 0 Å². The largest absolute Gasteiger partial charge is 0.497 e. The van der Waals surface area contributed by atoms with E-state index in [4.69, 9.17) is 9.47 Å². The first-order chi connectivity index (χ1) is 12.3. The highest BCUT2D eigenvalue weighted by Gasteiger charge is 2.09. The van der Waals surface area contributed by atoms with Gasteiger partial charge in [0.1, 0.15) is 11.5 Å². The van der Waals surface area contributed by atoms with E-state index in [0.717, 1.165) is 24.6 Å². The SMILES string of the molecule is COc1cccc(CN(Cc2cccc(OC)c2)c2ccccc2)c1. The zero-order chi connectivity index (χ0) is 17.5. The molecule has 0 aliphatic heterocycles. The van der Waals surface area contributed by atoms with Crippen molar-refractivity contribution in [1.82, 2.24) is 0 Å². The van der Waals surface area contributed by atoms with Crippen LogP contribution >= 0.6 is 0 Å². The third-order valence-electron chi connectivity index (χ3n) is 4.14. The predicted molar refractivity (Wildman–Crippen MR) is 102 cm³/mol. The summed E-state index contributed by atoms with van der Waals surface area (Å²) in [5.74, 6) is 1.76. The van der Waals surface area contributed by atoms with Crippen molar-refractivity contribution in [3.05, 3.63) is 90.0 Å². The number of rotatable bonds is 7. The molecule has 3 heteroatoms. The molecule has 0 atom stereocenters. The van der Waals surface area contributed by atoms with Crippen LogP contribution in [-0.2, 0) is 13.1 Å². The second-order valence-corrected chi connectivity index (χ2v) is 5.89. The second-order valence-electron chi connectivity index (χ2n) is 5.89. The molecule has 0 aromatic heterocycles. The summed E-state index contributed by atoms with van der Waals surface area (Å²) in [4.78, 5) is 2.35. The van der Waals surface area contributed by atoms with E-state index in [1.54, 1.807) is 14.2 Å². The highest BCUT2D eigenvalue weighted by atomic mass is 16.5. The van der Waals surface area contributed by atoms with E-state index in [-0.39, 0.29) is 0 Å². The number of ether oxygens (including phenoxy) is 2. The average Bonchev–Trinajstić information content (AvgIpc) is 2.68. The molecular weight excluding hydrogens is 310 g/mol. The molecule has 3 nitrogen and oxygen atoms in total. The summed E-state index contributed by atoms with van der Waals surface area (Å²) in [5.41, 5.74) is 3.62. The first-order valence-corrected chi connectivity index (χ1v) is 8.34. The molecule has 3 aromatic rings. The predicted octanol–water partition coefficient (Wildman–Crippen LogP) is 4.91. The lowest BCUT2D eigenvalue weighted by Crippen LogP contribution is -2.22. The van der Waals surface area contributed by atoms with Gasteiger partial charge in [-0.3, -0.25) is 0 Å². The monoisotopic (exact) mass is 333 g/mol. The Balaban J connectivity index is 1.87. The maximum Gasteiger partial charge on any atom is 0.119 e. The molecule has 0 saturated heterocycles. The Bertz CT molecular complexity index is 752. The number of para-hydroxylation sites is 1. The molecule has 3 aromatic carbocycles. The minimum Gasteiger partial charge on any atom is -0.497 e. The van der Waals surface area contributed by atoms with Crippen molar-refractivity contribution in [2.45, 2.75) is 13.1 Å². The van der Waals surface area contributed by atoms with Crippen LogP contribution in [0.5, 0.6) is 11.5 Å². The lowest BCUT2D eigenvalue weighted by molar-refractivity contribution is 0.414. The molecule has 0 spiro atoms. The Morgan fingerprint density at radius 1 is 0.640 bits per heavy atom. The van der Waals surface area contributed by atoms with Crippen LogP contribution in [0.15, 0.2) is 78.9 Å². The third kappa shape index (κ3) is 4.54. The fourth-order valence-corrected chi connectivity index (χ4v) is 2.86. The molecule has 0 aliphatic carbocycles. The number of anilines is 1. The van der Waals surface area contributed by atoms with Gasteiger partial charge in [0.15, 0.2) is 0 Å². The molecule has 0 fully saturated rings. The highest BCUT2D eigenvalue weighted by molar-refractivity contribution is 5.48. The third-order valence-corrected chi connectivity index (χ3v) is 4.14. The average molecular weight is 333 g/mol. The van der Waals surface area contributed by atoms with E-state index in [0.29, 0.717) is 0 Å². The molecule has 128 valence electrons. The van der Waals surface area contributed by atoms with Gasteiger partial charge in [0.2, 0.25) is 0 Å². The van der Waals surface area contributed by atoms with Gasteiger partial charge in [0, 0.05) is 18.8 Å². The van der Waals surface area contributed by atoms with Crippen molar-refractivity contribution in [1.29, 1.82) is 0 Å². The normalized spacial score (nSPS) is 10.3. The van der Waals surface area contributed by atoms with Crippen LogP contribution in [0.2, 0.25) is 0 Å². The fraction of sp³-hybridized carbons (Fsp3) is 0.182. The summed E-state index contributed by atoms with van der Waals surface area (Å²) in [5, 5.41) is 0. The number of benzene rings is 3. The van der Waals surface area contributed by atoms with Crippen LogP contribution in [0.1, 0.15) is 11.1 Å². The Morgan fingerprint density at radius 2 is 1.16 bits per heavy atom. The van der Waals surface area contributed by atoms with E-state index < -0.39 is 0 Å². The van der Waals surface area contributed by atoms with Crippen molar-refractivity contribution in [3.63, 3.8) is 0 Å². The van der Waals surface area contributed by atoms with Crippen LogP contribution < -0.4 is 14.4 Å². The molecule has 0 bridgehead atoms. The number of hydrogen-bond donors (Lipinski definition) is 0. The minimum atomic E-state index is 0.804. The highest BCUT2D eigenvalue weighted by Crippen LogP contribution is 2.23. The lowest BCUT2D eigenvalue weighted by atomic mass is 10.1. The lowest BCUT2D eigenvalue weighted by Gasteiger charge is -2.25. The summed E-state index contributed by atoms with van der Waals surface area (Å²) < 4.78 is 10.7. The van der Waals surface area contributed by atoms with E-state index >= 15 is 0 Å². The minimum absolute atomic E-state index is 0.804. The molecule has 3 rings (SSSR count). The summed E-state index contributed by atoms with van der Waals surface area (Å²) >= 11 is 0. The van der Waals surface area contributed by atoms with Crippen molar-refractivity contribution in [3.8, 4) is 11.5 Å². The summed E-state index contributed by atoms with van der Waals surface area (Å²) in [7, 11) is 3.40. The summed E-state index contributed by atoms with van der Waals surface area (Å²) in [6.45, 7) is 1.61. The maximum atomic E-state index is 5.36. The van der Waals surface area contributed by atoms with Crippen LogP contribution in [0, 0.1) is 0 Å². The second kappa shape index (κ2) is 8.25. The Morgan fingerprint density at radius 3 is 1.64 bits per heavy atom. The van der Waals surface area contributed by atoms with Crippen LogP contribution in [0.3, 0.4) is 0 Å². The molecule has 25 heavy (non-hydrogen) atoms. The fourth-order valence-electron chi connectivity index (χ4n) is 2.86. The quantitative estimate of drug-likeness (QED) is 0.613. The van der Waals surface area contributed by atoms with Gasteiger partial charge < -0.3 is 14.4 Å². The molecule has 0 unspecified atom stereocenters. The van der Waals surface area contributed by atoms with Gasteiger partial charge in [-0.05, 0) is 47.5 Å². The van der Waals surface area contributed by atoms with Gasteiger partial charge >= 0.3 is 0 Å². The molecule has 0 saturated carbocycles. The molecule has 0 N–H and O–H groups in total. The Kier molecular flexibility index (Phi) is 5.57. The molecular formula is C22H23NO2. The van der Waals surface area contributed by atoms with Crippen LogP contribution in [0.4, 0.5) is 5.69 Å². The van der Waals surface area contributed by atoms with Gasteiger partial charge in [-0.2, -0.15) is 0 Å². The van der Waals surface area contributed by atoms with Crippen LogP contribution in [-0.4, -0.2) is 14.2 Å².